The number of pyridine rings is 2. The monoisotopic (exact) mass is 279 g/mol. The maximum Gasteiger partial charge on any atom is 0.222 e. The molecule has 0 aliphatic rings. The van der Waals surface area contributed by atoms with Crippen LogP contribution in [0.15, 0.2) is 55.1 Å². The van der Waals surface area contributed by atoms with E-state index in [2.05, 4.69) is 20.4 Å². The number of carbonyl (C=O) groups excluding carboxylic acids is 1. The molecule has 0 atom stereocenters. The van der Waals surface area contributed by atoms with Crippen molar-refractivity contribution in [3.63, 3.8) is 0 Å². The van der Waals surface area contributed by atoms with Crippen LogP contribution in [0.2, 0.25) is 0 Å². The molecule has 0 bridgehead atoms. The molecule has 0 saturated carbocycles. The molecule has 3 rings (SSSR count). The van der Waals surface area contributed by atoms with Gasteiger partial charge in [-0.2, -0.15) is 5.10 Å². The molecule has 21 heavy (non-hydrogen) atoms. The molecule has 0 aromatic carbocycles. The highest BCUT2D eigenvalue weighted by Gasteiger charge is 2.06. The molecule has 0 saturated heterocycles. The SMILES string of the molecule is CC(=O)Nc1cccc(-c2cnn(-c3cccnc3)c2)n1. The first-order chi connectivity index (χ1) is 10.2. The average Bonchev–Trinajstić information content (AvgIpc) is 2.98. The number of carbonyl (C=O) groups is 1. The van der Waals surface area contributed by atoms with Crippen molar-refractivity contribution in [2.45, 2.75) is 6.92 Å². The van der Waals surface area contributed by atoms with Gasteiger partial charge in [0.05, 0.1) is 23.8 Å². The van der Waals surface area contributed by atoms with Crippen molar-refractivity contribution < 1.29 is 4.79 Å². The maximum atomic E-state index is 11.1. The fourth-order valence-electron chi connectivity index (χ4n) is 1.93. The van der Waals surface area contributed by atoms with E-state index in [1.807, 2.05) is 30.5 Å². The molecule has 0 spiro atoms. The van der Waals surface area contributed by atoms with Gasteiger partial charge < -0.3 is 5.32 Å². The number of hydrogen-bond acceptors (Lipinski definition) is 4. The first kappa shape index (κ1) is 13.0. The number of amides is 1. The third-order valence-electron chi connectivity index (χ3n) is 2.84. The van der Waals surface area contributed by atoms with E-state index in [0.29, 0.717) is 5.82 Å². The minimum atomic E-state index is -0.147. The second-order valence-electron chi connectivity index (χ2n) is 4.47. The van der Waals surface area contributed by atoms with Crippen LogP contribution in [0.4, 0.5) is 5.82 Å². The van der Waals surface area contributed by atoms with Crippen LogP contribution in [-0.2, 0) is 4.79 Å². The minimum Gasteiger partial charge on any atom is -0.311 e. The molecule has 1 amide bonds. The van der Waals surface area contributed by atoms with E-state index in [1.54, 1.807) is 29.3 Å². The minimum absolute atomic E-state index is 0.147. The predicted molar refractivity (Wildman–Crippen MR) is 78.9 cm³/mol. The Morgan fingerprint density at radius 3 is 2.86 bits per heavy atom. The second kappa shape index (κ2) is 5.54. The molecule has 6 heteroatoms. The Kier molecular flexibility index (Phi) is 3.42. The first-order valence-electron chi connectivity index (χ1n) is 6.42. The van der Waals surface area contributed by atoms with E-state index in [9.17, 15) is 4.79 Å². The highest BCUT2D eigenvalue weighted by Crippen LogP contribution is 2.19. The molecule has 0 unspecified atom stereocenters. The van der Waals surface area contributed by atoms with E-state index < -0.39 is 0 Å². The molecular weight excluding hydrogens is 266 g/mol. The Morgan fingerprint density at radius 1 is 1.19 bits per heavy atom. The molecule has 0 fully saturated rings. The van der Waals surface area contributed by atoms with Crippen LogP contribution in [0.5, 0.6) is 0 Å². The van der Waals surface area contributed by atoms with E-state index in [4.69, 9.17) is 0 Å². The van der Waals surface area contributed by atoms with E-state index >= 15 is 0 Å². The van der Waals surface area contributed by atoms with Crippen LogP contribution in [0, 0.1) is 0 Å². The Labute approximate surface area is 121 Å². The van der Waals surface area contributed by atoms with Gasteiger partial charge in [-0.15, -0.1) is 0 Å². The number of hydrogen-bond donors (Lipinski definition) is 1. The highest BCUT2D eigenvalue weighted by molar-refractivity contribution is 5.87. The Morgan fingerprint density at radius 2 is 2.10 bits per heavy atom. The summed E-state index contributed by atoms with van der Waals surface area (Å²) in [6, 6.07) is 9.23. The molecule has 3 aromatic rings. The second-order valence-corrected chi connectivity index (χ2v) is 4.47. The Bertz CT molecular complexity index is 766. The number of anilines is 1. The molecule has 0 radical (unpaired) electrons. The third-order valence-corrected chi connectivity index (χ3v) is 2.84. The van der Waals surface area contributed by atoms with Crippen molar-refractivity contribution in [2.24, 2.45) is 0 Å². The summed E-state index contributed by atoms with van der Waals surface area (Å²) in [5.41, 5.74) is 2.49. The molecule has 0 aliphatic heterocycles. The van der Waals surface area contributed by atoms with Crippen molar-refractivity contribution in [1.29, 1.82) is 0 Å². The van der Waals surface area contributed by atoms with Gasteiger partial charge in [0.25, 0.3) is 0 Å². The van der Waals surface area contributed by atoms with Crippen molar-refractivity contribution in [3.8, 4) is 16.9 Å². The van der Waals surface area contributed by atoms with E-state index in [0.717, 1.165) is 16.9 Å². The molecular formula is C15H13N5O. The first-order valence-corrected chi connectivity index (χ1v) is 6.42. The van der Waals surface area contributed by atoms with Gasteiger partial charge in [-0.3, -0.25) is 9.78 Å². The summed E-state index contributed by atoms with van der Waals surface area (Å²) in [5.74, 6) is 0.375. The van der Waals surface area contributed by atoms with Crippen molar-refractivity contribution in [1.82, 2.24) is 19.7 Å². The van der Waals surface area contributed by atoms with Crippen LogP contribution in [0.1, 0.15) is 6.92 Å². The van der Waals surface area contributed by atoms with Gasteiger partial charge in [0.1, 0.15) is 5.82 Å². The van der Waals surface area contributed by atoms with E-state index in [1.165, 1.54) is 6.92 Å². The fraction of sp³-hybridized carbons (Fsp3) is 0.0667. The summed E-state index contributed by atoms with van der Waals surface area (Å²) >= 11 is 0. The van der Waals surface area contributed by atoms with Gasteiger partial charge in [0.15, 0.2) is 0 Å². The normalized spacial score (nSPS) is 10.3. The van der Waals surface area contributed by atoms with Gasteiger partial charge in [0, 0.05) is 24.9 Å². The quantitative estimate of drug-likeness (QED) is 0.798. The zero-order valence-electron chi connectivity index (χ0n) is 11.4. The standard InChI is InChI=1S/C15H13N5O/c1-11(21)18-15-6-2-5-14(19-15)12-8-17-20(10-12)13-4-3-7-16-9-13/h2-10H,1H3,(H,18,19,21). The average molecular weight is 279 g/mol. The zero-order chi connectivity index (χ0) is 14.7. The van der Waals surface area contributed by atoms with Gasteiger partial charge in [-0.25, -0.2) is 9.67 Å². The Balaban J connectivity index is 1.91. The van der Waals surface area contributed by atoms with Gasteiger partial charge >= 0.3 is 0 Å². The third kappa shape index (κ3) is 2.94. The molecule has 0 aliphatic carbocycles. The molecule has 1 N–H and O–H groups in total. The lowest BCUT2D eigenvalue weighted by Crippen LogP contribution is -2.07. The van der Waals surface area contributed by atoms with Crippen LogP contribution in [-0.4, -0.2) is 25.7 Å². The smallest absolute Gasteiger partial charge is 0.222 e. The molecule has 6 nitrogen and oxygen atoms in total. The van der Waals surface area contributed by atoms with Crippen LogP contribution in [0.3, 0.4) is 0 Å². The largest absolute Gasteiger partial charge is 0.311 e. The lowest BCUT2D eigenvalue weighted by atomic mass is 10.2. The van der Waals surface area contributed by atoms with E-state index in [-0.39, 0.29) is 5.91 Å². The fourth-order valence-corrected chi connectivity index (χ4v) is 1.93. The van der Waals surface area contributed by atoms with Crippen molar-refractivity contribution >= 4 is 11.7 Å². The summed E-state index contributed by atoms with van der Waals surface area (Å²) in [6.45, 7) is 1.45. The van der Waals surface area contributed by atoms with Gasteiger partial charge in [-0.1, -0.05) is 6.07 Å². The zero-order valence-corrected chi connectivity index (χ0v) is 11.4. The van der Waals surface area contributed by atoms with Crippen molar-refractivity contribution in [3.05, 3.63) is 55.1 Å². The maximum absolute atomic E-state index is 11.1. The molecule has 3 heterocycles. The lowest BCUT2D eigenvalue weighted by molar-refractivity contribution is -0.114. The van der Waals surface area contributed by atoms with Crippen molar-refractivity contribution in [2.75, 3.05) is 5.32 Å². The summed E-state index contributed by atoms with van der Waals surface area (Å²) in [5, 5.41) is 6.97. The number of aromatic nitrogens is 4. The van der Waals surface area contributed by atoms with Crippen LogP contribution in [0.25, 0.3) is 16.9 Å². The summed E-state index contributed by atoms with van der Waals surface area (Å²) in [6.07, 6.45) is 7.05. The molecule has 3 aromatic heterocycles. The van der Waals surface area contributed by atoms with Crippen LogP contribution >= 0.6 is 0 Å². The predicted octanol–water partition coefficient (Wildman–Crippen LogP) is 2.29. The summed E-state index contributed by atoms with van der Waals surface area (Å²) in [4.78, 5) is 19.5. The topological polar surface area (TPSA) is 72.7 Å². The Hall–Kier alpha value is -3.02. The summed E-state index contributed by atoms with van der Waals surface area (Å²) < 4.78 is 1.73. The number of rotatable bonds is 3. The lowest BCUT2D eigenvalue weighted by Gasteiger charge is -2.03. The van der Waals surface area contributed by atoms with Gasteiger partial charge in [-0.05, 0) is 24.3 Å². The number of nitrogens with zero attached hydrogens (tertiary/aromatic N) is 4. The summed E-state index contributed by atoms with van der Waals surface area (Å²) in [7, 11) is 0. The van der Waals surface area contributed by atoms with Crippen LogP contribution < -0.4 is 5.32 Å². The molecule has 104 valence electrons. The van der Waals surface area contributed by atoms with Gasteiger partial charge in [0.2, 0.25) is 5.91 Å². The highest BCUT2D eigenvalue weighted by atomic mass is 16.1. The number of nitrogens with one attached hydrogen (secondary N) is 1.